The zero-order valence-electron chi connectivity index (χ0n) is 23.1. The van der Waals surface area contributed by atoms with E-state index in [0.29, 0.717) is 16.8 Å². The van der Waals surface area contributed by atoms with Gasteiger partial charge in [0.1, 0.15) is 18.4 Å². The number of H-pyrrole nitrogens is 1. The summed E-state index contributed by atoms with van der Waals surface area (Å²) >= 11 is 0. The predicted molar refractivity (Wildman–Crippen MR) is 150 cm³/mol. The van der Waals surface area contributed by atoms with Crippen molar-refractivity contribution in [2.45, 2.75) is 44.7 Å². The van der Waals surface area contributed by atoms with E-state index in [4.69, 9.17) is 0 Å². The van der Waals surface area contributed by atoms with Crippen LogP contribution in [0.1, 0.15) is 41.0 Å². The molecular weight excluding hydrogens is 563 g/mol. The third kappa shape index (κ3) is 5.82. The second-order valence-corrected chi connectivity index (χ2v) is 10.8. The Morgan fingerprint density at radius 2 is 1.88 bits per heavy atom. The van der Waals surface area contributed by atoms with Crippen molar-refractivity contribution in [2.75, 3.05) is 13.1 Å². The van der Waals surface area contributed by atoms with Gasteiger partial charge in [0.15, 0.2) is 0 Å². The molecule has 1 saturated heterocycles. The van der Waals surface area contributed by atoms with Gasteiger partial charge in [-0.1, -0.05) is 18.2 Å². The van der Waals surface area contributed by atoms with E-state index in [1.165, 1.54) is 21.9 Å². The Bertz CT molecular complexity index is 1660. The summed E-state index contributed by atoms with van der Waals surface area (Å²) < 4.78 is 44.2. The summed E-state index contributed by atoms with van der Waals surface area (Å²) in [5.74, 6) is -1.77. The number of pyridine rings is 1. The summed E-state index contributed by atoms with van der Waals surface area (Å²) in [5.41, 5.74) is 4.28. The number of nitrogens with one attached hydrogen (secondary N) is 2. The zero-order valence-corrected chi connectivity index (χ0v) is 23.1. The number of hydrogen-bond acceptors (Lipinski definition) is 5. The Balaban J connectivity index is 1.15. The molecule has 0 bridgehead atoms. The highest BCUT2D eigenvalue weighted by molar-refractivity contribution is 6.01. The van der Waals surface area contributed by atoms with Gasteiger partial charge in [-0.25, -0.2) is 4.39 Å². The molecule has 1 fully saturated rings. The molecule has 3 amide bonds. The molecule has 0 saturated carbocycles. The van der Waals surface area contributed by atoms with Crippen LogP contribution in [0.4, 0.5) is 13.2 Å². The van der Waals surface area contributed by atoms with E-state index in [9.17, 15) is 27.6 Å². The van der Waals surface area contributed by atoms with E-state index >= 15 is 0 Å². The quantitative estimate of drug-likeness (QED) is 0.316. The summed E-state index contributed by atoms with van der Waals surface area (Å²) in [4.78, 5) is 49.9. The maximum atomic E-state index is 13.5. The van der Waals surface area contributed by atoms with Crippen LogP contribution < -0.4 is 5.32 Å². The summed E-state index contributed by atoms with van der Waals surface area (Å²) in [6.45, 7) is -1.69. The molecule has 2 aromatic heterocycles. The van der Waals surface area contributed by atoms with Crippen LogP contribution in [0, 0.1) is 5.82 Å². The van der Waals surface area contributed by atoms with Crippen LogP contribution in [-0.2, 0) is 20.9 Å². The number of aromatic amines is 1. The number of carbonyl (C=O) groups excluding carboxylic acids is 3. The van der Waals surface area contributed by atoms with Crippen molar-refractivity contribution < 1.29 is 32.3 Å². The van der Waals surface area contributed by atoms with Crippen molar-refractivity contribution in [1.82, 2.24) is 25.1 Å². The van der Waals surface area contributed by atoms with Gasteiger partial charge in [0.25, 0.3) is 5.91 Å². The van der Waals surface area contributed by atoms with Crippen LogP contribution in [-0.4, -0.2) is 69.3 Å². The fourth-order valence-electron chi connectivity index (χ4n) is 5.77. The first-order chi connectivity index (χ1) is 20.7. The fourth-order valence-corrected chi connectivity index (χ4v) is 5.77. The lowest BCUT2D eigenvalue weighted by Crippen LogP contribution is -2.49. The van der Waals surface area contributed by atoms with Crippen LogP contribution in [0.15, 0.2) is 67.0 Å². The van der Waals surface area contributed by atoms with Crippen molar-refractivity contribution in [3.8, 4) is 11.1 Å². The molecule has 6 rings (SSSR count). The Kier molecular flexibility index (Phi) is 7.61. The Morgan fingerprint density at radius 3 is 2.63 bits per heavy atom. The van der Waals surface area contributed by atoms with Crippen molar-refractivity contribution in [3.05, 3.63) is 89.6 Å². The van der Waals surface area contributed by atoms with Crippen molar-refractivity contribution in [2.24, 2.45) is 0 Å². The minimum absolute atomic E-state index is 0.111. The van der Waals surface area contributed by atoms with Crippen LogP contribution in [0.25, 0.3) is 22.0 Å². The number of amides is 3. The zero-order chi connectivity index (χ0) is 30.2. The third-order valence-electron chi connectivity index (χ3n) is 7.94. The SMILES string of the molecule is CC(NC(=O)[C@@H]1C[C@@H](OC(F)F)CN1C(=O)CN1Cc2cc(-c3ccc(F)cc3)ccc2C1=O)c1cc2cnccc2[nH]1. The molecule has 2 N–H and O–H groups in total. The molecule has 9 nitrogen and oxygen atoms in total. The molecular formula is C31H28F3N5O4. The summed E-state index contributed by atoms with van der Waals surface area (Å²) in [7, 11) is 0. The van der Waals surface area contributed by atoms with E-state index < -0.39 is 36.6 Å². The van der Waals surface area contributed by atoms with E-state index in [0.717, 1.165) is 22.0 Å². The molecule has 43 heavy (non-hydrogen) atoms. The first-order valence-electron chi connectivity index (χ1n) is 13.8. The summed E-state index contributed by atoms with van der Waals surface area (Å²) in [5, 5.41) is 3.73. The number of rotatable bonds is 8. The van der Waals surface area contributed by atoms with Gasteiger partial charge >= 0.3 is 6.61 Å². The molecule has 222 valence electrons. The molecule has 2 aliphatic rings. The van der Waals surface area contributed by atoms with Gasteiger partial charge in [-0.05, 0) is 60.0 Å². The first kappa shape index (κ1) is 28.4. The summed E-state index contributed by atoms with van der Waals surface area (Å²) in [6, 6.07) is 13.4. The standard InChI is InChI=1S/C31H28F3N5O4/c1-17(26-11-20-13-35-9-8-25(20)37-26)36-29(41)27-12-23(43-31(33)34)15-39(27)28(40)16-38-14-21-10-19(4-7-24(21)30(38)42)18-2-5-22(32)6-3-18/h2-11,13,17,23,27,31,37H,12,14-16H2,1H3,(H,36,41)/t17?,23-,27+/m1/s1. The molecule has 0 spiro atoms. The van der Waals surface area contributed by atoms with Gasteiger partial charge in [-0.15, -0.1) is 0 Å². The highest BCUT2D eigenvalue weighted by Crippen LogP contribution is 2.30. The van der Waals surface area contributed by atoms with Crippen LogP contribution >= 0.6 is 0 Å². The lowest BCUT2D eigenvalue weighted by atomic mass is 10.0. The number of nitrogens with zero attached hydrogens (tertiary/aromatic N) is 3. The minimum atomic E-state index is -3.06. The summed E-state index contributed by atoms with van der Waals surface area (Å²) in [6.07, 6.45) is 2.18. The monoisotopic (exact) mass is 591 g/mol. The second kappa shape index (κ2) is 11.5. The Hall–Kier alpha value is -4.71. The van der Waals surface area contributed by atoms with Crippen LogP contribution in [0.3, 0.4) is 0 Å². The molecule has 1 unspecified atom stereocenters. The first-order valence-corrected chi connectivity index (χ1v) is 13.8. The number of fused-ring (bicyclic) bond motifs is 2. The maximum Gasteiger partial charge on any atom is 0.345 e. The number of alkyl halides is 2. The van der Waals surface area contributed by atoms with Gasteiger partial charge in [-0.2, -0.15) is 8.78 Å². The average molecular weight is 592 g/mol. The van der Waals surface area contributed by atoms with Crippen molar-refractivity contribution in [1.29, 1.82) is 0 Å². The van der Waals surface area contributed by atoms with Crippen LogP contribution in [0.2, 0.25) is 0 Å². The number of likely N-dealkylation sites (tertiary alicyclic amines) is 1. The Morgan fingerprint density at radius 1 is 1.12 bits per heavy atom. The molecule has 12 heteroatoms. The number of aromatic nitrogens is 2. The molecule has 2 aromatic carbocycles. The molecule has 3 atom stereocenters. The van der Waals surface area contributed by atoms with Gasteiger partial charge in [0.05, 0.1) is 12.1 Å². The lowest BCUT2D eigenvalue weighted by Gasteiger charge is -2.27. The number of hydrogen-bond donors (Lipinski definition) is 2. The van der Waals surface area contributed by atoms with Crippen molar-refractivity contribution in [3.63, 3.8) is 0 Å². The third-order valence-corrected chi connectivity index (χ3v) is 7.94. The van der Waals surface area contributed by atoms with E-state index in [2.05, 4.69) is 20.0 Å². The van der Waals surface area contributed by atoms with E-state index in [-0.39, 0.29) is 37.8 Å². The molecule has 2 aliphatic heterocycles. The lowest BCUT2D eigenvalue weighted by molar-refractivity contribution is -0.160. The predicted octanol–water partition coefficient (Wildman–Crippen LogP) is 4.41. The minimum Gasteiger partial charge on any atom is -0.357 e. The number of halogens is 3. The smallest absolute Gasteiger partial charge is 0.345 e. The van der Waals surface area contributed by atoms with Crippen molar-refractivity contribution >= 4 is 28.6 Å². The normalized spacial score (nSPS) is 18.9. The Labute approximate surface area is 244 Å². The molecule has 0 aliphatic carbocycles. The van der Waals surface area contributed by atoms with Crippen LogP contribution in [0.5, 0.6) is 0 Å². The second-order valence-electron chi connectivity index (χ2n) is 10.8. The molecule has 4 aromatic rings. The van der Waals surface area contributed by atoms with Gasteiger partial charge < -0.3 is 24.8 Å². The molecule has 0 radical (unpaired) electrons. The maximum absolute atomic E-state index is 13.5. The van der Waals surface area contributed by atoms with Gasteiger partial charge in [0.2, 0.25) is 11.8 Å². The number of carbonyl (C=O) groups is 3. The average Bonchev–Trinajstić information content (AvgIpc) is 3.68. The van der Waals surface area contributed by atoms with E-state index in [1.807, 2.05) is 12.1 Å². The van der Waals surface area contributed by atoms with Gasteiger partial charge in [0, 0.05) is 54.1 Å². The highest BCUT2D eigenvalue weighted by Gasteiger charge is 2.42. The molecule has 4 heterocycles. The number of ether oxygens (including phenoxy) is 1. The largest absolute Gasteiger partial charge is 0.357 e. The number of benzene rings is 2. The fraction of sp³-hybridized carbons (Fsp3) is 0.290. The van der Waals surface area contributed by atoms with Gasteiger partial charge in [-0.3, -0.25) is 19.4 Å². The topological polar surface area (TPSA) is 108 Å². The van der Waals surface area contributed by atoms with E-state index in [1.54, 1.807) is 49.6 Å². The highest BCUT2D eigenvalue weighted by atomic mass is 19.3.